The highest BCUT2D eigenvalue weighted by molar-refractivity contribution is 9.11. The Kier molecular flexibility index (Phi) is 4.60. The number of halogens is 1. The van der Waals surface area contributed by atoms with E-state index in [0.717, 1.165) is 8.66 Å². The lowest BCUT2D eigenvalue weighted by Crippen LogP contribution is -2.26. The van der Waals surface area contributed by atoms with E-state index in [1.807, 2.05) is 18.2 Å². The fourth-order valence-corrected chi connectivity index (χ4v) is 4.60. The minimum atomic E-state index is -3.67. The van der Waals surface area contributed by atoms with Gasteiger partial charge in [0.2, 0.25) is 10.0 Å². The summed E-state index contributed by atoms with van der Waals surface area (Å²) in [7, 11) is -2.16. The summed E-state index contributed by atoms with van der Waals surface area (Å²) < 4.78 is 27.2. The van der Waals surface area contributed by atoms with Crippen molar-refractivity contribution in [2.75, 3.05) is 7.05 Å². The second-order valence-electron chi connectivity index (χ2n) is 4.07. The van der Waals surface area contributed by atoms with Crippen molar-refractivity contribution in [2.45, 2.75) is 11.4 Å². The molecule has 104 valence electrons. The van der Waals surface area contributed by atoms with E-state index >= 15 is 0 Å². The molecule has 2 rings (SSSR count). The van der Waals surface area contributed by atoms with Crippen LogP contribution >= 0.6 is 27.3 Å². The van der Waals surface area contributed by atoms with Gasteiger partial charge in [-0.05, 0) is 40.2 Å². The van der Waals surface area contributed by atoms with Crippen molar-refractivity contribution in [1.29, 1.82) is 5.26 Å². The van der Waals surface area contributed by atoms with E-state index in [1.165, 1.54) is 34.8 Å². The molecular weight excluding hydrogens is 360 g/mol. The maximum Gasteiger partial charge on any atom is 0.244 e. The van der Waals surface area contributed by atoms with Crippen molar-refractivity contribution in [3.63, 3.8) is 0 Å². The van der Waals surface area contributed by atoms with Crippen LogP contribution in [0.25, 0.3) is 0 Å². The summed E-state index contributed by atoms with van der Waals surface area (Å²) in [5.74, 6) is 0. The Morgan fingerprint density at radius 1 is 1.30 bits per heavy atom. The molecule has 4 nitrogen and oxygen atoms in total. The Morgan fingerprint density at radius 2 is 2.00 bits per heavy atom. The van der Waals surface area contributed by atoms with Gasteiger partial charge >= 0.3 is 0 Å². The zero-order valence-electron chi connectivity index (χ0n) is 10.6. The number of benzene rings is 1. The van der Waals surface area contributed by atoms with Crippen molar-refractivity contribution in [3.05, 3.63) is 50.6 Å². The van der Waals surface area contributed by atoms with Crippen LogP contribution in [-0.4, -0.2) is 19.8 Å². The first-order chi connectivity index (χ1) is 9.45. The molecule has 2 aromatic rings. The molecule has 1 aromatic carbocycles. The highest BCUT2D eigenvalue weighted by Crippen LogP contribution is 2.25. The van der Waals surface area contributed by atoms with Gasteiger partial charge in [0.05, 0.1) is 14.2 Å². The van der Waals surface area contributed by atoms with Gasteiger partial charge in [-0.3, -0.25) is 0 Å². The monoisotopic (exact) mass is 370 g/mol. The van der Waals surface area contributed by atoms with Crippen LogP contribution in [0.15, 0.2) is 45.1 Å². The minimum Gasteiger partial charge on any atom is -0.207 e. The molecule has 0 radical (unpaired) electrons. The van der Waals surface area contributed by atoms with E-state index < -0.39 is 10.0 Å². The number of hydrogen-bond donors (Lipinski definition) is 0. The number of rotatable bonds is 4. The summed E-state index contributed by atoms with van der Waals surface area (Å²) in [4.78, 5) is 0.970. The van der Waals surface area contributed by atoms with E-state index in [4.69, 9.17) is 5.26 Å². The van der Waals surface area contributed by atoms with Gasteiger partial charge in [-0.25, -0.2) is 8.42 Å². The summed E-state index contributed by atoms with van der Waals surface area (Å²) >= 11 is 4.83. The van der Waals surface area contributed by atoms with Gasteiger partial charge in [0.25, 0.3) is 0 Å². The molecule has 0 saturated heterocycles. The molecule has 0 atom stereocenters. The zero-order chi connectivity index (χ0) is 14.8. The first-order valence-corrected chi connectivity index (χ1v) is 8.70. The van der Waals surface area contributed by atoms with Crippen LogP contribution in [0.1, 0.15) is 10.4 Å². The largest absolute Gasteiger partial charge is 0.244 e. The molecule has 7 heteroatoms. The van der Waals surface area contributed by atoms with E-state index in [1.54, 1.807) is 12.1 Å². The first-order valence-electron chi connectivity index (χ1n) is 5.65. The molecule has 0 aliphatic rings. The molecule has 0 aliphatic heterocycles. The van der Waals surface area contributed by atoms with Gasteiger partial charge in [-0.2, -0.15) is 9.57 Å². The molecule has 0 spiro atoms. The van der Waals surface area contributed by atoms with Gasteiger partial charge in [0.1, 0.15) is 6.07 Å². The van der Waals surface area contributed by atoms with Gasteiger partial charge in [0.15, 0.2) is 0 Å². The second kappa shape index (κ2) is 6.06. The Hall–Kier alpha value is -1.20. The Labute approximate surface area is 130 Å². The zero-order valence-corrected chi connectivity index (χ0v) is 13.8. The highest BCUT2D eigenvalue weighted by Gasteiger charge is 2.24. The molecule has 0 fully saturated rings. The maximum absolute atomic E-state index is 12.5. The Bertz CT molecular complexity index is 763. The molecule has 0 amide bonds. The normalized spacial score (nSPS) is 11.5. The van der Waals surface area contributed by atoms with E-state index in [9.17, 15) is 8.42 Å². The van der Waals surface area contributed by atoms with Gasteiger partial charge in [0, 0.05) is 18.5 Å². The van der Waals surface area contributed by atoms with Crippen LogP contribution in [0.3, 0.4) is 0 Å². The molecule has 0 aliphatic carbocycles. The van der Waals surface area contributed by atoms with Gasteiger partial charge in [-0.1, -0.05) is 12.1 Å². The lowest BCUT2D eigenvalue weighted by Gasteiger charge is -2.17. The highest BCUT2D eigenvalue weighted by atomic mass is 79.9. The van der Waals surface area contributed by atoms with Crippen molar-refractivity contribution >= 4 is 37.3 Å². The quantitative estimate of drug-likeness (QED) is 0.829. The van der Waals surface area contributed by atoms with Crippen molar-refractivity contribution in [1.82, 2.24) is 4.31 Å². The maximum atomic E-state index is 12.5. The van der Waals surface area contributed by atoms with E-state index in [2.05, 4.69) is 15.9 Å². The van der Waals surface area contributed by atoms with E-state index in [-0.39, 0.29) is 17.0 Å². The van der Waals surface area contributed by atoms with Gasteiger partial charge < -0.3 is 0 Å². The second-order valence-corrected chi connectivity index (χ2v) is 8.64. The average Bonchev–Trinajstić information content (AvgIpc) is 2.84. The number of thiophene rings is 1. The summed E-state index contributed by atoms with van der Waals surface area (Å²) in [6.07, 6.45) is 0. The number of sulfonamides is 1. The third-order valence-electron chi connectivity index (χ3n) is 2.70. The molecule has 0 saturated carbocycles. The van der Waals surface area contributed by atoms with Gasteiger partial charge in [-0.15, -0.1) is 11.3 Å². The minimum absolute atomic E-state index is 0.0422. The lowest BCUT2D eigenvalue weighted by molar-refractivity contribution is 0.469. The fraction of sp³-hybridized carbons (Fsp3) is 0.154. The van der Waals surface area contributed by atoms with Crippen molar-refractivity contribution in [3.8, 4) is 6.07 Å². The third kappa shape index (κ3) is 3.10. The van der Waals surface area contributed by atoms with Crippen molar-refractivity contribution in [2.24, 2.45) is 0 Å². The predicted molar refractivity (Wildman–Crippen MR) is 81.8 cm³/mol. The van der Waals surface area contributed by atoms with Crippen LogP contribution < -0.4 is 0 Å². The number of hydrogen-bond acceptors (Lipinski definition) is 4. The van der Waals surface area contributed by atoms with Crippen LogP contribution in [0.2, 0.25) is 0 Å². The van der Waals surface area contributed by atoms with Crippen LogP contribution in [0, 0.1) is 11.3 Å². The number of nitriles is 1. The summed E-state index contributed by atoms with van der Waals surface area (Å²) in [5, 5.41) is 9.02. The Morgan fingerprint density at radius 3 is 2.60 bits per heavy atom. The molecule has 1 heterocycles. The van der Waals surface area contributed by atoms with E-state index in [0.29, 0.717) is 0 Å². The molecule has 1 aromatic heterocycles. The molecule has 0 bridgehead atoms. The number of nitrogens with zero attached hydrogens (tertiary/aromatic N) is 2. The summed E-state index contributed by atoms with van der Waals surface area (Å²) in [6, 6.07) is 11.9. The average molecular weight is 371 g/mol. The smallest absolute Gasteiger partial charge is 0.207 e. The van der Waals surface area contributed by atoms with Crippen LogP contribution in [0.5, 0.6) is 0 Å². The molecule has 20 heavy (non-hydrogen) atoms. The standard InChI is InChI=1S/C13H11BrN2O2S2/c1-16(9-11-6-7-13(14)19-11)20(17,18)12-5-3-2-4-10(12)8-15/h2-7H,9H2,1H3. The summed E-state index contributed by atoms with van der Waals surface area (Å²) in [5.41, 5.74) is 0.159. The first kappa shape index (κ1) is 15.2. The molecule has 0 N–H and O–H groups in total. The third-order valence-corrected chi connectivity index (χ3v) is 6.17. The fourth-order valence-electron chi connectivity index (χ4n) is 1.69. The lowest BCUT2D eigenvalue weighted by atomic mass is 10.2. The van der Waals surface area contributed by atoms with Crippen LogP contribution in [-0.2, 0) is 16.6 Å². The van der Waals surface area contributed by atoms with Crippen molar-refractivity contribution < 1.29 is 8.42 Å². The Balaban J connectivity index is 2.32. The molecular formula is C13H11BrN2O2S2. The summed E-state index contributed by atoms with van der Waals surface area (Å²) in [6.45, 7) is 0.276. The topological polar surface area (TPSA) is 61.2 Å². The molecule has 0 unspecified atom stereocenters. The predicted octanol–water partition coefficient (Wildman–Crippen LogP) is 3.20. The SMILES string of the molecule is CN(Cc1ccc(Br)s1)S(=O)(=O)c1ccccc1C#N. The van der Waals surface area contributed by atoms with Crippen LogP contribution in [0.4, 0.5) is 0 Å².